The normalized spacial score (nSPS) is 23.0. The minimum atomic E-state index is -0.324. The molecule has 1 heterocycles. The predicted molar refractivity (Wildman–Crippen MR) is 88.9 cm³/mol. The van der Waals surface area contributed by atoms with E-state index in [9.17, 15) is 5.11 Å². The van der Waals surface area contributed by atoms with E-state index in [-0.39, 0.29) is 23.8 Å². The van der Waals surface area contributed by atoms with E-state index in [1.807, 2.05) is 24.3 Å². The number of halogens is 1. The number of rotatable bonds is 4. The summed E-state index contributed by atoms with van der Waals surface area (Å²) < 4.78 is 1.03. The lowest BCUT2D eigenvalue weighted by molar-refractivity contribution is -0.311. The lowest BCUT2D eigenvalue weighted by Gasteiger charge is -2.52. The Hall–Kier alpha value is -0.420. The maximum Gasteiger partial charge on any atom is 0.127 e. The Balaban J connectivity index is 2.21. The topological polar surface area (TPSA) is 32.7 Å². The highest BCUT2D eigenvalue weighted by Crippen LogP contribution is 2.40. The van der Waals surface area contributed by atoms with Crippen LogP contribution in [0.3, 0.4) is 0 Å². The largest absolute Gasteiger partial charge is 0.393 e. The van der Waals surface area contributed by atoms with Gasteiger partial charge in [-0.3, -0.25) is 4.84 Å². The smallest absolute Gasteiger partial charge is 0.127 e. The molecule has 1 fully saturated rings. The van der Waals surface area contributed by atoms with Crippen LogP contribution in [0.2, 0.25) is 0 Å². The van der Waals surface area contributed by atoms with Crippen LogP contribution in [0.1, 0.15) is 58.6 Å². The molecule has 3 nitrogen and oxygen atoms in total. The molecule has 1 aliphatic heterocycles. The van der Waals surface area contributed by atoms with Crippen molar-refractivity contribution in [2.45, 2.75) is 64.1 Å². The van der Waals surface area contributed by atoms with Crippen LogP contribution in [0.25, 0.3) is 0 Å². The average molecular weight is 356 g/mol. The van der Waals surface area contributed by atoms with E-state index in [4.69, 9.17) is 4.84 Å². The number of aliphatic hydroxyl groups excluding tert-OH is 1. The van der Waals surface area contributed by atoms with Crippen LogP contribution >= 0.6 is 15.9 Å². The lowest BCUT2D eigenvalue weighted by Crippen LogP contribution is -2.58. The Labute approximate surface area is 136 Å². The molecule has 0 radical (unpaired) electrons. The minimum Gasteiger partial charge on any atom is -0.393 e. The van der Waals surface area contributed by atoms with E-state index in [0.29, 0.717) is 0 Å². The third-order valence-corrected chi connectivity index (χ3v) is 4.85. The van der Waals surface area contributed by atoms with Crippen molar-refractivity contribution < 1.29 is 9.94 Å². The molecule has 21 heavy (non-hydrogen) atoms. The van der Waals surface area contributed by atoms with E-state index >= 15 is 0 Å². The third kappa shape index (κ3) is 3.86. The van der Waals surface area contributed by atoms with Gasteiger partial charge in [0, 0.05) is 15.6 Å². The standard InChI is InChI=1S/C17H26BrNO2/c1-16(2)10-5-11-17(3,4)19(16)21-15(12-20)13-6-8-14(18)9-7-13/h6-9,15,20H,5,10-12H2,1-4H3/t15-/m0/s1. The summed E-state index contributed by atoms with van der Waals surface area (Å²) >= 11 is 3.44. The molecule has 1 aromatic rings. The third-order valence-electron chi connectivity index (χ3n) is 4.32. The van der Waals surface area contributed by atoms with E-state index < -0.39 is 0 Å². The van der Waals surface area contributed by atoms with E-state index in [1.54, 1.807) is 0 Å². The first-order valence-electron chi connectivity index (χ1n) is 7.60. The van der Waals surface area contributed by atoms with Gasteiger partial charge < -0.3 is 5.11 Å². The van der Waals surface area contributed by atoms with Crippen molar-refractivity contribution in [2.24, 2.45) is 0 Å². The van der Waals surface area contributed by atoms with Crippen LogP contribution in [0.5, 0.6) is 0 Å². The van der Waals surface area contributed by atoms with Gasteiger partial charge in [-0.1, -0.05) is 28.1 Å². The fourth-order valence-electron chi connectivity index (χ4n) is 3.27. The van der Waals surface area contributed by atoms with Gasteiger partial charge in [-0.2, -0.15) is 5.06 Å². The monoisotopic (exact) mass is 355 g/mol. The molecule has 1 N–H and O–H groups in total. The zero-order chi connectivity index (χ0) is 15.7. The average Bonchev–Trinajstić information content (AvgIpc) is 2.39. The summed E-state index contributed by atoms with van der Waals surface area (Å²) in [6, 6.07) is 7.95. The van der Waals surface area contributed by atoms with Crippen LogP contribution < -0.4 is 0 Å². The van der Waals surface area contributed by atoms with Crippen molar-refractivity contribution in [3.8, 4) is 0 Å². The van der Waals surface area contributed by atoms with Gasteiger partial charge in [-0.15, -0.1) is 0 Å². The Kier molecular flexibility index (Phi) is 5.14. The second kappa shape index (κ2) is 6.37. The van der Waals surface area contributed by atoms with Crippen molar-refractivity contribution in [1.29, 1.82) is 0 Å². The summed E-state index contributed by atoms with van der Waals surface area (Å²) in [7, 11) is 0. The molecule has 4 heteroatoms. The number of hydroxylamine groups is 2. The number of benzene rings is 1. The van der Waals surface area contributed by atoms with E-state index in [2.05, 4.69) is 48.7 Å². The fraction of sp³-hybridized carbons (Fsp3) is 0.647. The molecule has 0 aromatic heterocycles. The molecule has 1 saturated heterocycles. The van der Waals surface area contributed by atoms with Crippen molar-refractivity contribution in [1.82, 2.24) is 5.06 Å². The molecule has 0 saturated carbocycles. The van der Waals surface area contributed by atoms with E-state index in [1.165, 1.54) is 6.42 Å². The van der Waals surface area contributed by atoms with Gasteiger partial charge in [-0.25, -0.2) is 0 Å². The van der Waals surface area contributed by atoms with Crippen molar-refractivity contribution in [3.63, 3.8) is 0 Å². The zero-order valence-electron chi connectivity index (χ0n) is 13.4. The van der Waals surface area contributed by atoms with Gasteiger partial charge in [-0.05, 0) is 64.7 Å². The van der Waals surface area contributed by atoms with Crippen LogP contribution in [0.15, 0.2) is 28.7 Å². The van der Waals surface area contributed by atoms with Gasteiger partial charge in [0.05, 0.1) is 6.61 Å². The van der Waals surface area contributed by atoms with Gasteiger partial charge in [0.1, 0.15) is 6.10 Å². The molecule has 118 valence electrons. The lowest BCUT2D eigenvalue weighted by atomic mass is 9.82. The van der Waals surface area contributed by atoms with Crippen LogP contribution in [-0.4, -0.2) is 27.9 Å². The first kappa shape index (κ1) is 16.9. The fourth-order valence-corrected chi connectivity index (χ4v) is 3.53. The molecular formula is C17H26BrNO2. The number of piperidine rings is 1. The SMILES string of the molecule is CC1(C)CCCC(C)(C)N1O[C@@H](CO)c1ccc(Br)cc1. The summed E-state index contributed by atoms with van der Waals surface area (Å²) in [6.07, 6.45) is 3.10. The summed E-state index contributed by atoms with van der Waals surface area (Å²) in [5.74, 6) is 0. The number of nitrogens with zero attached hydrogens (tertiary/aromatic N) is 1. The van der Waals surface area contributed by atoms with Gasteiger partial charge in [0.25, 0.3) is 0 Å². The highest BCUT2D eigenvalue weighted by atomic mass is 79.9. The van der Waals surface area contributed by atoms with E-state index in [0.717, 1.165) is 22.9 Å². The molecule has 1 aliphatic rings. The molecule has 1 atom stereocenters. The van der Waals surface area contributed by atoms with Crippen molar-refractivity contribution >= 4 is 15.9 Å². The molecule has 0 aliphatic carbocycles. The minimum absolute atomic E-state index is 0.0233. The van der Waals surface area contributed by atoms with Crippen LogP contribution in [-0.2, 0) is 4.84 Å². The van der Waals surface area contributed by atoms with Crippen molar-refractivity contribution in [3.05, 3.63) is 34.3 Å². The summed E-state index contributed by atoms with van der Waals surface area (Å²) in [6.45, 7) is 8.83. The molecule has 0 bridgehead atoms. The number of hydrogen-bond acceptors (Lipinski definition) is 3. The van der Waals surface area contributed by atoms with Gasteiger partial charge in [0.2, 0.25) is 0 Å². The summed E-state index contributed by atoms with van der Waals surface area (Å²) in [5.41, 5.74) is 0.951. The second-order valence-electron chi connectivity index (χ2n) is 7.10. The van der Waals surface area contributed by atoms with Gasteiger partial charge in [0.15, 0.2) is 0 Å². The predicted octanol–water partition coefficient (Wildman–Crippen LogP) is 4.46. The maximum atomic E-state index is 9.76. The van der Waals surface area contributed by atoms with Gasteiger partial charge >= 0.3 is 0 Å². The summed E-state index contributed by atoms with van der Waals surface area (Å²) in [4.78, 5) is 6.27. The second-order valence-corrected chi connectivity index (χ2v) is 8.02. The Morgan fingerprint density at radius 1 is 1.14 bits per heavy atom. The maximum absolute atomic E-state index is 9.76. The number of aliphatic hydroxyl groups is 1. The highest BCUT2D eigenvalue weighted by Gasteiger charge is 2.43. The van der Waals surface area contributed by atoms with Crippen LogP contribution in [0.4, 0.5) is 0 Å². The first-order valence-corrected chi connectivity index (χ1v) is 8.39. The molecular weight excluding hydrogens is 330 g/mol. The summed E-state index contributed by atoms with van der Waals surface area (Å²) in [5, 5.41) is 11.9. The molecule has 0 spiro atoms. The molecule has 0 unspecified atom stereocenters. The zero-order valence-corrected chi connectivity index (χ0v) is 15.0. The van der Waals surface area contributed by atoms with Crippen molar-refractivity contribution in [2.75, 3.05) is 6.61 Å². The van der Waals surface area contributed by atoms with Crippen LogP contribution in [0, 0.1) is 0 Å². The molecule has 2 rings (SSSR count). The molecule has 1 aromatic carbocycles. The first-order chi connectivity index (χ1) is 9.76. The Morgan fingerprint density at radius 2 is 1.67 bits per heavy atom. The number of hydrogen-bond donors (Lipinski definition) is 1. The quantitative estimate of drug-likeness (QED) is 0.865. The molecule has 0 amide bonds. The Bertz CT molecular complexity index is 454. The highest BCUT2D eigenvalue weighted by molar-refractivity contribution is 9.10. The Morgan fingerprint density at radius 3 is 2.14 bits per heavy atom.